The van der Waals surface area contributed by atoms with Crippen molar-refractivity contribution < 1.29 is 9.32 Å². The van der Waals surface area contributed by atoms with E-state index in [0.29, 0.717) is 17.3 Å². The molecule has 0 spiro atoms. The Balaban J connectivity index is 1.86. The number of rotatable bonds is 4. The Labute approximate surface area is 135 Å². The maximum Gasteiger partial charge on any atom is 0.267 e. The zero-order valence-corrected chi connectivity index (χ0v) is 13.3. The normalized spacial score (nSPS) is 12.1. The summed E-state index contributed by atoms with van der Waals surface area (Å²) in [6.07, 6.45) is 0. The Morgan fingerprint density at radius 2 is 2.22 bits per heavy atom. The Morgan fingerprint density at radius 3 is 2.87 bits per heavy atom. The summed E-state index contributed by atoms with van der Waals surface area (Å²) in [5, 5.41) is 12.5. The van der Waals surface area contributed by atoms with Crippen LogP contribution in [0, 0.1) is 6.92 Å². The fourth-order valence-corrected chi connectivity index (χ4v) is 2.72. The molecular weight excluding hydrogens is 316 g/mol. The summed E-state index contributed by atoms with van der Waals surface area (Å²) in [6.45, 7) is 3.33. The predicted molar refractivity (Wildman–Crippen MR) is 86.4 cm³/mol. The van der Waals surface area contributed by atoms with Gasteiger partial charge in [0.05, 0.1) is 4.88 Å². The molecule has 1 N–H and O–H groups in total. The van der Waals surface area contributed by atoms with E-state index in [0.717, 1.165) is 9.56 Å². The van der Waals surface area contributed by atoms with Gasteiger partial charge in [0.1, 0.15) is 17.5 Å². The van der Waals surface area contributed by atoms with Gasteiger partial charge in [0, 0.05) is 12.1 Å². The number of hydrogen-bond donors (Lipinski definition) is 1. The van der Waals surface area contributed by atoms with Crippen LogP contribution >= 0.6 is 11.3 Å². The van der Waals surface area contributed by atoms with Gasteiger partial charge in [0.25, 0.3) is 5.56 Å². The minimum atomic E-state index is -0.778. The maximum atomic E-state index is 12.3. The van der Waals surface area contributed by atoms with Crippen LogP contribution in [-0.2, 0) is 4.79 Å². The monoisotopic (exact) mass is 330 g/mol. The lowest BCUT2D eigenvalue weighted by Crippen LogP contribution is -2.33. The second-order valence-corrected chi connectivity index (χ2v) is 5.91. The van der Waals surface area contributed by atoms with Crippen LogP contribution in [-0.4, -0.2) is 20.8 Å². The van der Waals surface area contributed by atoms with Crippen LogP contribution in [0.5, 0.6) is 0 Å². The first-order valence-corrected chi connectivity index (χ1v) is 7.80. The Morgan fingerprint density at radius 1 is 1.39 bits per heavy atom. The zero-order valence-electron chi connectivity index (χ0n) is 12.5. The first-order chi connectivity index (χ1) is 11.0. The van der Waals surface area contributed by atoms with Crippen molar-refractivity contribution in [2.75, 3.05) is 5.32 Å². The molecule has 0 saturated carbocycles. The van der Waals surface area contributed by atoms with Crippen molar-refractivity contribution in [2.45, 2.75) is 19.9 Å². The van der Waals surface area contributed by atoms with E-state index in [1.807, 2.05) is 17.5 Å². The van der Waals surface area contributed by atoms with E-state index >= 15 is 0 Å². The molecule has 3 rings (SSSR count). The lowest BCUT2D eigenvalue weighted by Gasteiger charge is -2.13. The molecule has 118 valence electrons. The number of aryl methyl sites for hydroxylation is 1. The summed E-state index contributed by atoms with van der Waals surface area (Å²) in [5.74, 6) is 0.501. The second-order valence-electron chi connectivity index (χ2n) is 4.97. The lowest BCUT2D eigenvalue weighted by atomic mass is 10.3. The second kappa shape index (κ2) is 6.17. The van der Waals surface area contributed by atoms with Gasteiger partial charge in [-0.2, -0.15) is 5.10 Å². The molecule has 3 aromatic rings. The highest BCUT2D eigenvalue weighted by atomic mass is 32.1. The van der Waals surface area contributed by atoms with Gasteiger partial charge in [0.2, 0.25) is 5.91 Å². The van der Waals surface area contributed by atoms with Crippen molar-refractivity contribution in [1.82, 2.24) is 14.9 Å². The highest BCUT2D eigenvalue weighted by Gasteiger charge is 2.19. The summed E-state index contributed by atoms with van der Waals surface area (Å²) in [7, 11) is 0. The minimum Gasteiger partial charge on any atom is -0.360 e. The molecule has 0 aliphatic rings. The summed E-state index contributed by atoms with van der Waals surface area (Å²) in [5.41, 5.74) is 0.306. The van der Waals surface area contributed by atoms with Crippen LogP contribution in [0.15, 0.2) is 45.0 Å². The van der Waals surface area contributed by atoms with Gasteiger partial charge >= 0.3 is 0 Å². The molecule has 1 amide bonds. The van der Waals surface area contributed by atoms with Gasteiger partial charge in [-0.3, -0.25) is 9.59 Å². The molecule has 0 fully saturated rings. The number of amides is 1. The van der Waals surface area contributed by atoms with Crippen LogP contribution in [0.2, 0.25) is 0 Å². The molecule has 23 heavy (non-hydrogen) atoms. The molecule has 0 aliphatic heterocycles. The smallest absolute Gasteiger partial charge is 0.267 e. The number of thiophene rings is 1. The molecule has 1 unspecified atom stereocenters. The SMILES string of the molecule is Cc1cc(NC(=O)C(C)n2nc(-c3cccs3)ccc2=O)no1. The van der Waals surface area contributed by atoms with Gasteiger partial charge in [-0.05, 0) is 31.4 Å². The number of aromatic nitrogens is 3. The average molecular weight is 330 g/mol. The average Bonchev–Trinajstić information content (AvgIpc) is 3.19. The van der Waals surface area contributed by atoms with E-state index in [9.17, 15) is 9.59 Å². The molecular formula is C15H14N4O3S. The number of carbonyl (C=O) groups is 1. The quantitative estimate of drug-likeness (QED) is 0.793. The number of hydrogen-bond acceptors (Lipinski definition) is 6. The Hall–Kier alpha value is -2.74. The molecule has 0 bridgehead atoms. The van der Waals surface area contributed by atoms with Crippen molar-refractivity contribution in [3.8, 4) is 10.6 Å². The third-order valence-corrected chi connectivity index (χ3v) is 4.12. The van der Waals surface area contributed by atoms with Gasteiger partial charge in [-0.1, -0.05) is 11.2 Å². The molecule has 7 nitrogen and oxygen atoms in total. The van der Waals surface area contributed by atoms with Crippen molar-refractivity contribution in [3.05, 3.63) is 51.8 Å². The lowest BCUT2D eigenvalue weighted by molar-refractivity contribution is -0.119. The third-order valence-electron chi connectivity index (χ3n) is 3.22. The molecule has 0 aliphatic carbocycles. The molecule has 0 radical (unpaired) electrons. The van der Waals surface area contributed by atoms with E-state index in [2.05, 4.69) is 15.6 Å². The molecule has 0 saturated heterocycles. The Kier molecular flexibility index (Phi) is 4.07. The van der Waals surface area contributed by atoms with Crippen molar-refractivity contribution >= 4 is 23.1 Å². The largest absolute Gasteiger partial charge is 0.360 e. The van der Waals surface area contributed by atoms with Crippen LogP contribution in [0.4, 0.5) is 5.82 Å². The van der Waals surface area contributed by atoms with Gasteiger partial charge in [0.15, 0.2) is 5.82 Å². The number of anilines is 1. The van der Waals surface area contributed by atoms with E-state index in [1.165, 1.54) is 17.4 Å². The third kappa shape index (κ3) is 3.21. The highest BCUT2D eigenvalue weighted by molar-refractivity contribution is 7.13. The van der Waals surface area contributed by atoms with Crippen LogP contribution in [0.25, 0.3) is 10.6 Å². The van der Waals surface area contributed by atoms with Crippen molar-refractivity contribution in [3.63, 3.8) is 0 Å². The van der Waals surface area contributed by atoms with E-state index in [1.54, 1.807) is 26.0 Å². The van der Waals surface area contributed by atoms with Gasteiger partial charge < -0.3 is 9.84 Å². The molecule has 8 heteroatoms. The predicted octanol–water partition coefficient (Wildman–Crippen LogP) is 2.47. The van der Waals surface area contributed by atoms with E-state index in [4.69, 9.17) is 4.52 Å². The highest BCUT2D eigenvalue weighted by Crippen LogP contribution is 2.21. The topological polar surface area (TPSA) is 90.0 Å². The zero-order chi connectivity index (χ0) is 16.4. The summed E-state index contributed by atoms with van der Waals surface area (Å²) >= 11 is 1.52. The van der Waals surface area contributed by atoms with Crippen LogP contribution in [0.3, 0.4) is 0 Å². The first kappa shape index (κ1) is 15.2. The summed E-state index contributed by atoms with van der Waals surface area (Å²) in [6, 6.07) is 7.69. The molecule has 0 aromatic carbocycles. The fraction of sp³-hybridized carbons (Fsp3) is 0.200. The van der Waals surface area contributed by atoms with E-state index in [-0.39, 0.29) is 5.56 Å². The molecule has 1 atom stereocenters. The van der Waals surface area contributed by atoms with Gasteiger partial charge in [-0.25, -0.2) is 4.68 Å². The maximum absolute atomic E-state index is 12.3. The van der Waals surface area contributed by atoms with Crippen molar-refractivity contribution in [1.29, 1.82) is 0 Å². The van der Waals surface area contributed by atoms with Crippen LogP contribution < -0.4 is 10.9 Å². The standard InChI is InChI=1S/C15H14N4O3S/c1-9-8-13(18-22-9)16-15(21)10(2)19-14(20)6-5-11(17-19)12-4-3-7-23-12/h3-8,10H,1-2H3,(H,16,18,21). The van der Waals surface area contributed by atoms with Gasteiger partial charge in [-0.15, -0.1) is 11.3 Å². The van der Waals surface area contributed by atoms with Crippen LogP contribution in [0.1, 0.15) is 18.7 Å². The minimum absolute atomic E-state index is 0.307. The number of carbonyl (C=O) groups excluding carboxylic acids is 1. The van der Waals surface area contributed by atoms with E-state index < -0.39 is 11.9 Å². The molecule has 3 heterocycles. The Bertz CT molecular complexity index is 882. The van der Waals surface area contributed by atoms with Crippen molar-refractivity contribution in [2.24, 2.45) is 0 Å². The number of nitrogens with one attached hydrogen (secondary N) is 1. The number of nitrogens with zero attached hydrogens (tertiary/aromatic N) is 3. The summed E-state index contributed by atoms with van der Waals surface area (Å²) < 4.78 is 6.06. The summed E-state index contributed by atoms with van der Waals surface area (Å²) in [4.78, 5) is 25.2. The fourth-order valence-electron chi connectivity index (χ4n) is 2.03. The molecule has 3 aromatic heterocycles. The first-order valence-electron chi connectivity index (χ1n) is 6.92.